The molecule has 8 aliphatic rings. The molecule has 3 aliphatic heterocycles. The van der Waals surface area contributed by atoms with E-state index in [1.54, 1.807) is 25.7 Å². The molecule has 10 heteroatoms. The number of aliphatic hydroxyl groups is 2. The Bertz CT molecular complexity index is 1310. The SMILES string of the molecule is C=C1[C@@H]2CC[C@H]3[C@@]45COC(O)([C@@H](O)[C@@H]4C(C)(C)CCC5=O)[C@]34C(=O)C1(OC(=O)C1CCN(C(=O)OC(C)(C)C)CC1)[C@H]24. The second-order valence-corrected chi connectivity index (χ2v) is 15.7. The molecule has 230 valence electrons. The van der Waals surface area contributed by atoms with E-state index >= 15 is 0 Å². The van der Waals surface area contributed by atoms with E-state index in [0.717, 1.165) is 0 Å². The number of likely N-dealkylation sites (tertiary alicyclic amines) is 1. The van der Waals surface area contributed by atoms with Gasteiger partial charge in [-0.25, -0.2) is 4.79 Å². The monoisotopic (exact) mass is 585 g/mol. The first-order valence-electron chi connectivity index (χ1n) is 15.5. The van der Waals surface area contributed by atoms with Crippen molar-refractivity contribution in [1.82, 2.24) is 4.90 Å². The average molecular weight is 586 g/mol. The predicted octanol–water partition coefficient (Wildman–Crippen LogP) is 2.78. The summed E-state index contributed by atoms with van der Waals surface area (Å²) >= 11 is 0. The third-order valence-corrected chi connectivity index (χ3v) is 12.4. The van der Waals surface area contributed by atoms with Crippen molar-refractivity contribution in [1.29, 1.82) is 0 Å². The first kappa shape index (κ1) is 28.5. The smallest absolute Gasteiger partial charge is 0.410 e. The highest BCUT2D eigenvalue weighted by molar-refractivity contribution is 6.10. The van der Waals surface area contributed by atoms with Crippen molar-refractivity contribution in [3.63, 3.8) is 0 Å². The molecule has 8 rings (SSSR count). The molecule has 9 atom stereocenters. The molecule has 0 aromatic rings. The van der Waals surface area contributed by atoms with Crippen LogP contribution < -0.4 is 0 Å². The Morgan fingerprint density at radius 3 is 2.38 bits per heavy atom. The highest BCUT2D eigenvalue weighted by Gasteiger charge is 2.97. The Hall–Kier alpha value is -2.30. The first-order valence-corrected chi connectivity index (χ1v) is 15.5. The number of piperidine rings is 1. The normalized spacial score (nSPS) is 47.0. The standard InChI is InChI=1S/C32H43NO9/c1-16-18-7-8-19-29-15-40-32(39,23(35)22(29)28(5,6)12-9-20(29)34)30(19)21(18)31(16,25(30)37)41-24(36)17-10-13-33(14-11-17)26(38)42-27(2,3)4/h17-19,21-23,35,39H,1,7-15H2,2-6H3/t18-,19-,21+,22+,23-,29+,30+,31?,32?/m0/s1. The van der Waals surface area contributed by atoms with E-state index in [1.807, 2.05) is 13.8 Å². The number of Topliss-reactive ketones (excluding diaryl/α,β-unsaturated/α-hetero) is 2. The number of nitrogens with zero attached hydrogens (tertiary/aromatic N) is 1. The minimum atomic E-state index is -2.17. The van der Waals surface area contributed by atoms with Gasteiger partial charge in [0.1, 0.15) is 22.9 Å². The molecular formula is C32H43NO9. The Labute approximate surface area is 246 Å². The molecule has 5 saturated carbocycles. The van der Waals surface area contributed by atoms with Gasteiger partial charge in [0.15, 0.2) is 11.4 Å². The van der Waals surface area contributed by atoms with Crippen LogP contribution in [0.15, 0.2) is 12.2 Å². The fourth-order valence-electron chi connectivity index (χ4n) is 10.8. The first-order chi connectivity index (χ1) is 19.5. The molecule has 3 saturated heterocycles. The lowest BCUT2D eigenvalue weighted by Gasteiger charge is -2.84. The lowest BCUT2D eigenvalue weighted by atomic mass is 9.21. The summed E-state index contributed by atoms with van der Waals surface area (Å²) in [5, 5.41) is 24.0. The lowest BCUT2D eigenvalue weighted by molar-refractivity contribution is -0.465. The van der Waals surface area contributed by atoms with Crippen molar-refractivity contribution in [2.75, 3.05) is 19.7 Å². The Morgan fingerprint density at radius 2 is 1.74 bits per heavy atom. The van der Waals surface area contributed by atoms with Gasteiger partial charge in [-0.05, 0) is 75.7 Å². The van der Waals surface area contributed by atoms with Gasteiger partial charge in [-0.15, -0.1) is 0 Å². The molecule has 10 nitrogen and oxygen atoms in total. The summed E-state index contributed by atoms with van der Waals surface area (Å²) in [6.45, 7) is 14.3. The minimum Gasteiger partial charge on any atom is -0.446 e. The number of carbonyl (C=O) groups is 4. The summed E-state index contributed by atoms with van der Waals surface area (Å²) in [7, 11) is 0. The molecule has 8 fully saturated rings. The maximum Gasteiger partial charge on any atom is 0.410 e. The van der Waals surface area contributed by atoms with Crippen LogP contribution in [0.1, 0.15) is 73.1 Å². The van der Waals surface area contributed by atoms with Gasteiger partial charge in [-0.3, -0.25) is 14.4 Å². The number of esters is 1. The van der Waals surface area contributed by atoms with E-state index < -0.39 is 80.9 Å². The molecule has 2 spiro atoms. The number of ether oxygens (including phenoxy) is 3. The maximum atomic E-state index is 14.6. The maximum absolute atomic E-state index is 14.6. The fraction of sp³-hybridized carbons (Fsp3) is 0.812. The molecule has 0 radical (unpaired) electrons. The molecule has 0 aromatic heterocycles. The van der Waals surface area contributed by atoms with Gasteiger partial charge in [0.2, 0.25) is 5.79 Å². The van der Waals surface area contributed by atoms with E-state index in [0.29, 0.717) is 57.2 Å². The lowest BCUT2D eigenvalue weighted by Crippen LogP contribution is -2.97. The van der Waals surface area contributed by atoms with Gasteiger partial charge in [0, 0.05) is 31.3 Å². The van der Waals surface area contributed by atoms with Crippen LogP contribution in [0.3, 0.4) is 0 Å². The summed E-state index contributed by atoms with van der Waals surface area (Å²) in [6, 6.07) is 0. The third-order valence-electron chi connectivity index (χ3n) is 12.4. The second-order valence-electron chi connectivity index (χ2n) is 15.7. The topological polar surface area (TPSA) is 140 Å². The zero-order valence-corrected chi connectivity index (χ0v) is 25.2. The van der Waals surface area contributed by atoms with Crippen LogP contribution in [0.25, 0.3) is 0 Å². The average Bonchev–Trinajstić information content (AvgIpc) is 2.92. The zero-order chi connectivity index (χ0) is 30.4. The molecule has 2 unspecified atom stereocenters. The van der Waals surface area contributed by atoms with Gasteiger partial charge < -0.3 is 29.3 Å². The van der Waals surface area contributed by atoms with E-state index in [-0.39, 0.29) is 18.3 Å². The van der Waals surface area contributed by atoms with E-state index in [1.165, 1.54) is 0 Å². The number of carbonyl (C=O) groups excluding carboxylic acids is 4. The predicted molar refractivity (Wildman–Crippen MR) is 146 cm³/mol. The summed E-state index contributed by atoms with van der Waals surface area (Å²) in [4.78, 5) is 56.1. The number of rotatable bonds is 2. The summed E-state index contributed by atoms with van der Waals surface area (Å²) in [5.74, 6) is -5.53. The van der Waals surface area contributed by atoms with Crippen LogP contribution in [0, 0.1) is 45.8 Å². The molecular weight excluding hydrogens is 542 g/mol. The van der Waals surface area contributed by atoms with Gasteiger partial charge >= 0.3 is 12.1 Å². The van der Waals surface area contributed by atoms with Gasteiger partial charge in [-0.1, -0.05) is 20.4 Å². The summed E-state index contributed by atoms with van der Waals surface area (Å²) in [6.07, 6.45) is 1.03. The van der Waals surface area contributed by atoms with Crippen molar-refractivity contribution in [3.8, 4) is 0 Å². The number of hydrogen-bond acceptors (Lipinski definition) is 9. The van der Waals surface area contributed by atoms with Crippen LogP contribution in [0.4, 0.5) is 4.79 Å². The Kier molecular flexibility index (Phi) is 5.59. The highest BCUT2D eigenvalue weighted by atomic mass is 16.6. The zero-order valence-electron chi connectivity index (χ0n) is 25.2. The number of amides is 1. The van der Waals surface area contributed by atoms with Crippen LogP contribution in [0.2, 0.25) is 0 Å². The second kappa shape index (κ2) is 8.24. The van der Waals surface area contributed by atoms with Gasteiger partial charge in [0.25, 0.3) is 0 Å². The van der Waals surface area contributed by atoms with Crippen molar-refractivity contribution in [3.05, 3.63) is 12.2 Å². The van der Waals surface area contributed by atoms with Crippen molar-refractivity contribution >= 4 is 23.6 Å². The Morgan fingerprint density at radius 1 is 1.07 bits per heavy atom. The van der Waals surface area contributed by atoms with Crippen LogP contribution in [-0.4, -0.2) is 81.5 Å². The number of aliphatic hydroxyl groups excluding tert-OH is 1. The molecule has 0 aromatic carbocycles. The van der Waals surface area contributed by atoms with Gasteiger partial charge in [0.05, 0.1) is 17.9 Å². The van der Waals surface area contributed by atoms with Gasteiger partial charge in [-0.2, -0.15) is 0 Å². The number of fused-ring (bicyclic) bond motifs is 1. The molecule has 5 aliphatic carbocycles. The molecule has 42 heavy (non-hydrogen) atoms. The van der Waals surface area contributed by atoms with Crippen molar-refractivity contribution < 1.29 is 43.6 Å². The van der Waals surface area contributed by atoms with E-state index in [9.17, 15) is 29.4 Å². The molecule has 1 amide bonds. The third kappa shape index (κ3) is 2.97. The van der Waals surface area contributed by atoms with Crippen molar-refractivity contribution in [2.45, 2.75) is 96.2 Å². The van der Waals surface area contributed by atoms with Crippen LogP contribution >= 0.6 is 0 Å². The Balaban J connectivity index is 1.17. The molecule has 2 bridgehead atoms. The largest absolute Gasteiger partial charge is 0.446 e. The van der Waals surface area contributed by atoms with Crippen LogP contribution in [-0.2, 0) is 28.6 Å². The summed E-state index contributed by atoms with van der Waals surface area (Å²) in [5.41, 5.74) is -4.72. The number of hydrogen-bond donors (Lipinski definition) is 2. The summed E-state index contributed by atoms with van der Waals surface area (Å²) < 4.78 is 17.6. The molecule has 2 N–H and O–H groups in total. The highest BCUT2D eigenvalue weighted by Crippen LogP contribution is 2.85. The minimum absolute atomic E-state index is 0.00681. The van der Waals surface area contributed by atoms with E-state index in [4.69, 9.17) is 14.2 Å². The van der Waals surface area contributed by atoms with E-state index in [2.05, 4.69) is 6.58 Å². The van der Waals surface area contributed by atoms with Crippen molar-refractivity contribution in [2.24, 2.45) is 45.8 Å². The number of ketones is 2. The van der Waals surface area contributed by atoms with Crippen LogP contribution in [0.5, 0.6) is 0 Å². The quantitative estimate of drug-likeness (QED) is 0.370. The fourth-order valence-corrected chi connectivity index (χ4v) is 10.8. The molecule has 3 heterocycles.